The number of hydrogen-bond acceptors (Lipinski definition) is 2. The van der Waals surface area contributed by atoms with Gasteiger partial charge in [-0.25, -0.2) is 8.42 Å². The van der Waals surface area contributed by atoms with E-state index in [4.69, 9.17) is 0 Å². The molecule has 1 aliphatic heterocycles. The van der Waals surface area contributed by atoms with Gasteiger partial charge in [0.05, 0.1) is 16.5 Å². The number of aryl methyl sites for hydroxylation is 1. The second kappa shape index (κ2) is 4.37. The molecule has 19 heavy (non-hydrogen) atoms. The molecular formula is C15H21NO2S. The molecule has 4 heteroatoms. The molecule has 1 aromatic carbocycles. The monoisotopic (exact) mass is 279 g/mol. The van der Waals surface area contributed by atoms with Crippen LogP contribution >= 0.6 is 0 Å². The van der Waals surface area contributed by atoms with Crippen LogP contribution in [-0.2, 0) is 16.4 Å². The summed E-state index contributed by atoms with van der Waals surface area (Å²) in [4.78, 5) is 0. The molecule has 0 saturated carbocycles. The Morgan fingerprint density at radius 1 is 1.37 bits per heavy atom. The van der Waals surface area contributed by atoms with Gasteiger partial charge in [-0.2, -0.15) is 0 Å². The average Bonchev–Trinajstić information content (AvgIpc) is 2.67. The number of anilines is 1. The van der Waals surface area contributed by atoms with Crippen molar-refractivity contribution in [3.8, 4) is 0 Å². The molecule has 0 aliphatic carbocycles. The van der Waals surface area contributed by atoms with Gasteiger partial charge in [0.15, 0.2) is 0 Å². The lowest BCUT2D eigenvalue weighted by molar-refractivity contribution is 0.552. The lowest BCUT2D eigenvalue weighted by atomic mass is 10.1. The number of benzene rings is 1. The molecule has 0 aromatic heterocycles. The molecule has 104 valence electrons. The first-order valence-electron chi connectivity index (χ1n) is 6.45. The van der Waals surface area contributed by atoms with Gasteiger partial charge >= 0.3 is 0 Å². The molecule has 0 saturated heterocycles. The summed E-state index contributed by atoms with van der Waals surface area (Å²) in [6.07, 6.45) is 2.43. The van der Waals surface area contributed by atoms with Crippen LogP contribution in [0.4, 0.5) is 5.69 Å². The Hall–Kier alpha value is -1.29. The maximum Gasteiger partial charge on any atom is 0.240 e. The Bertz CT molecular complexity index is 612. The molecule has 0 bridgehead atoms. The van der Waals surface area contributed by atoms with E-state index in [0.717, 1.165) is 16.8 Å². The van der Waals surface area contributed by atoms with Crippen molar-refractivity contribution < 1.29 is 8.42 Å². The molecule has 3 nitrogen and oxygen atoms in total. The molecule has 0 radical (unpaired) electrons. The van der Waals surface area contributed by atoms with Crippen molar-refractivity contribution >= 4 is 15.7 Å². The summed E-state index contributed by atoms with van der Waals surface area (Å²) in [6.45, 7) is 11.0. The normalized spacial score (nSPS) is 19.4. The zero-order valence-electron chi connectivity index (χ0n) is 12.0. The number of sulfonamides is 1. The van der Waals surface area contributed by atoms with Crippen molar-refractivity contribution in [1.82, 2.24) is 0 Å². The second-order valence-corrected chi connectivity index (χ2v) is 8.57. The van der Waals surface area contributed by atoms with E-state index < -0.39 is 14.8 Å². The van der Waals surface area contributed by atoms with E-state index in [1.54, 1.807) is 31.2 Å². The van der Waals surface area contributed by atoms with Crippen molar-refractivity contribution in [2.24, 2.45) is 0 Å². The highest BCUT2D eigenvalue weighted by Crippen LogP contribution is 2.40. The second-order valence-electron chi connectivity index (χ2n) is 6.00. The van der Waals surface area contributed by atoms with Crippen molar-refractivity contribution in [2.75, 3.05) is 4.31 Å². The first-order valence-corrected chi connectivity index (χ1v) is 7.89. The predicted octanol–water partition coefficient (Wildman–Crippen LogP) is 3.04. The number of fused-ring (bicyclic) bond motifs is 1. The minimum Gasteiger partial charge on any atom is -0.262 e. The maximum absolute atomic E-state index is 12.8. The van der Waals surface area contributed by atoms with Crippen molar-refractivity contribution in [2.45, 2.75) is 44.9 Å². The minimum absolute atomic E-state index is 0.180. The Balaban J connectivity index is 2.67. The molecule has 0 spiro atoms. The van der Waals surface area contributed by atoms with Crippen LogP contribution in [0, 0.1) is 6.92 Å². The first kappa shape index (κ1) is 14.1. The summed E-state index contributed by atoms with van der Waals surface area (Å²) < 4.78 is 26.4. The van der Waals surface area contributed by atoms with E-state index in [-0.39, 0.29) is 6.04 Å². The van der Waals surface area contributed by atoms with Crippen LogP contribution < -0.4 is 4.31 Å². The van der Waals surface area contributed by atoms with Crippen molar-refractivity contribution in [3.05, 3.63) is 42.0 Å². The number of hydrogen-bond donors (Lipinski definition) is 0. The smallest absolute Gasteiger partial charge is 0.240 e. The third-order valence-corrected chi connectivity index (χ3v) is 6.10. The van der Waals surface area contributed by atoms with E-state index in [1.807, 2.05) is 25.1 Å². The van der Waals surface area contributed by atoms with Crippen LogP contribution in [0.5, 0.6) is 0 Å². The Labute approximate surface area is 116 Å². The van der Waals surface area contributed by atoms with Gasteiger partial charge in [0.1, 0.15) is 0 Å². The molecular weight excluding hydrogens is 258 g/mol. The molecule has 0 fully saturated rings. The highest BCUT2D eigenvalue weighted by molar-refractivity contribution is 7.94. The SMILES string of the molecule is C=C[C@@H]1Cc2cccc(C)c2N1S(=O)(=O)C(C)(C)C. The third-order valence-electron chi connectivity index (χ3n) is 3.58. The fourth-order valence-electron chi connectivity index (χ4n) is 2.45. The van der Waals surface area contributed by atoms with Crippen LogP contribution in [0.25, 0.3) is 0 Å². The van der Waals surface area contributed by atoms with Crippen LogP contribution in [-0.4, -0.2) is 19.2 Å². The molecule has 1 aliphatic rings. The highest BCUT2D eigenvalue weighted by atomic mass is 32.2. The van der Waals surface area contributed by atoms with Gasteiger partial charge < -0.3 is 0 Å². The number of nitrogens with zero attached hydrogens (tertiary/aromatic N) is 1. The lowest BCUT2D eigenvalue weighted by Crippen LogP contribution is -2.46. The average molecular weight is 279 g/mol. The summed E-state index contributed by atoms with van der Waals surface area (Å²) in [5.74, 6) is 0. The molecule has 1 heterocycles. The van der Waals surface area contributed by atoms with Crippen molar-refractivity contribution in [1.29, 1.82) is 0 Å². The highest BCUT2D eigenvalue weighted by Gasteiger charge is 2.43. The van der Waals surface area contributed by atoms with E-state index in [1.165, 1.54) is 0 Å². The summed E-state index contributed by atoms with van der Waals surface area (Å²) in [7, 11) is -3.41. The van der Waals surface area contributed by atoms with Crippen LogP contribution in [0.1, 0.15) is 31.9 Å². The number of para-hydroxylation sites is 1. The maximum atomic E-state index is 12.8. The molecule has 2 rings (SSSR count). The quantitative estimate of drug-likeness (QED) is 0.780. The van der Waals surface area contributed by atoms with E-state index in [9.17, 15) is 8.42 Å². The van der Waals surface area contributed by atoms with E-state index in [2.05, 4.69) is 6.58 Å². The van der Waals surface area contributed by atoms with Gasteiger partial charge in [0, 0.05) is 0 Å². The summed E-state index contributed by atoms with van der Waals surface area (Å²) >= 11 is 0. The Kier molecular flexibility index (Phi) is 3.25. The van der Waals surface area contributed by atoms with Gasteiger partial charge in [-0.3, -0.25) is 4.31 Å². The first-order chi connectivity index (χ1) is 8.70. The van der Waals surface area contributed by atoms with Crippen LogP contribution in [0.2, 0.25) is 0 Å². The Morgan fingerprint density at radius 3 is 2.53 bits per heavy atom. The Morgan fingerprint density at radius 2 is 2.00 bits per heavy atom. The fraction of sp³-hybridized carbons (Fsp3) is 0.467. The van der Waals surface area contributed by atoms with E-state index in [0.29, 0.717) is 6.42 Å². The zero-order chi connectivity index (χ0) is 14.4. The topological polar surface area (TPSA) is 37.4 Å². The van der Waals surface area contributed by atoms with Gasteiger partial charge in [-0.1, -0.05) is 24.3 Å². The fourth-order valence-corrected chi connectivity index (χ4v) is 4.06. The summed E-state index contributed by atoms with van der Waals surface area (Å²) in [5.41, 5.74) is 2.91. The molecule has 0 amide bonds. The molecule has 1 atom stereocenters. The van der Waals surface area contributed by atoms with Gasteiger partial charge in [0.25, 0.3) is 0 Å². The minimum atomic E-state index is -3.41. The summed E-state index contributed by atoms with van der Waals surface area (Å²) in [5, 5.41) is 0. The van der Waals surface area contributed by atoms with Gasteiger partial charge in [-0.15, -0.1) is 6.58 Å². The van der Waals surface area contributed by atoms with Crippen LogP contribution in [0.3, 0.4) is 0 Å². The van der Waals surface area contributed by atoms with Crippen LogP contribution in [0.15, 0.2) is 30.9 Å². The van der Waals surface area contributed by atoms with E-state index >= 15 is 0 Å². The predicted molar refractivity (Wildman–Crippen MR) is 80.0 cm³/mol. The standard InChI is InChI=1S/C15H21NO2S/c1-6-13-10-12-9-7-8-11(2)14(12)16(13)19(17,18)15(3,4)5/h6-9,13H,1,10H2,2-5H3/t13-/m1/s1. The van der Waals surface area contributed by atoms with Gasteiger partial charge in [-0.05, 0) is 45.2 Å². The number of rotatable bonds is 2. The third kappa shape index (κ3) is 2.08. The zero-order valence-corrected chi connectivity index (χ0v) is 12.8. The largest absolute Gasteiger partial charge is 0.262 e. The molecule has 0 unspecified atom stereocenters. The molecule has 0 N–H and O–H groups in total. The molecule has 1 aromatic rings. The summed E-state index contributed by atoms with van der Waals surface area (Å²) in [6, 6.07) is 5.74. The lowest BCUT2D eigenvalue weighted by Gasteiger charge is -2.32. The van der Waals surface area contributed by atoms with Gasteiger partial charge in [0.2, 0.25) is 10.0 Å². The van der Waals surface area contributed by atoms with Crippen molar-refractivity contribution in [3.63, 3.8) is 0 Å².